The Morgan fingerprint density at radius 1 is 1.47 bits per heavy atom. The minimum Gasteiger partial charge on any atom is -0.330 e. The van der Waals surface area contributed by atoms with Crippen LogP contribution in [0.4, 0.5) is 0 Å². The van der Waals surface area contributed by atoms with Gasteiger partial charge in [0.25, 0.3) is 0 Å². The van der Waals surface area contributed by atoms with Crippen molar-refractivity contribution in [3.05, 3.63) is 16.1 Å². The van der Waals surface area contributed by atoms with Crippen molar-refractivity contribution >= 4 is 11.3 Å². The fraction of sp³-hybridized carbons (Fsp3) is 0.636. The number of hydrogen-bond donors (Lipinski definition) is 1. The number of nitrogens with two attached hydrogens (primary N) is 1. The largest absolute Gasteiger partial charge is 0.330 e. The van der Waals surface area contributed by atoms with Gasteiger partial charge in [0.2, 0.25) is 0 Å². The van der Waals surface area contributed by atoms with Gasteiger partial charge >= 0.3 is 0 Å². The molecule has 0 spiro atoms. The predicted molar refractivity (Wildman–Crippen MR) is 62.8 cm³/mol. The van der Waals surface area contributed by atoms with Crippen LogP contribution >= 0.6 is 11.3 Å². The van der Waals surface area contributed by atoms with E-state index >= 15 is 0 Å². The van der Waals surface area contributed by atoms with Crippen molar-refractivity contribution in [2.24, 2.45) is 5.73 Å². The van der Waals surface area contributed by atoms with E-state index in [-0.39, 0.29) is 5.41 Å². The molecule has 0 saturated carbocycles. The SMILES string of the molecule is CC(C)(C#N)c1nc(C(C)(C)CN)cs1. The lowest BCUT2D eigenvalue weighted by Crippen LogP contribution is -2.28. The third kappa shape index (κ3) is 2.36. The van der Waals surface area contributed by atoms with E-state index in [2.05, 4.69) is 24.9 Å². The van der Waals surface area contributed by atoms with Gasteiger partial charge < -0.3 is 5.73 Å². The summed E-state index contributed by atoms with van der Waals surface area (Å²) in [5.74, 6) is 0. The van der Waals surface area contributed by atoms with Crippen LogP contribution in [0.15, 0.2) is 5.38 Å². The van der Waals surface area contributed by atoms with Crippen molar-refractivity contribution in [2.75, 3.05) is 6.54 Å². The van der Waals surface area contributed by atoms with Crippen LogP contribution in [0.1, 0.15) is 38.4 Å². The highest BCUT2D eigenvalue weighted by atomic mass is 32.1. The molecule has 0 unspecified atom stereocenters. The van der Waals surface area contributed by atoms with Crippen LogP contribution in [0.2, 0.25) is 0 Å². The summed E-state index contributed by atoms with van der Waals surface area (Å²) >= 11 is 1.53. The molecular weight excluding hydrogens is 206 g/mol. The first kappa shape index (κ1) is 12.2. The molecule has 4 heteroatoms. The molecule has 0 bridgehead atoms. The first-order valence-corrected chi connectivity index (χ1v) is 5.79. The van der Waals surface area contributed by atoms with Crippen LogP contribution in [0.25, 0.3) is 0 Å². The highest BCUT2D eigenvalue weighted by Crippen LogP contribution is 2.30. The Labute approximate surface area is 94.9 Å². The molecule has 1 heterocycles. The normalized spacial score (nSPS) is 12.5. The summed E-state index contributed by atoms with van der Waals surface area (Å²) in [7, 11) is 0. The lowest BCUT2D eigenvalue weighted by molar-refractivity contribution is 0.519. The molecule has 15 heavy (non-hydrogen) atoms. The van der Waals surface area contributed by atoms with Gasteiger partial charge in [-0.3, -0.25) is 0 Å². The zero-order valence-corrected chi connectivity index (χ0v) is 10.5. The summed E-state index contributed by atoms with van der Waals surface area (Å²) in [6.07, 6.45) is 0. The number of hydrogen-bond acceptors (Lipinski definition) is 4. The van der Waals surface area contributed by atoms with E-state index in [1.807, 2.05) is 19.2 Å². The quantitative estimate of drug-likeness (QED) is 0.854. The first-order valence-electron chi connectivity index (χ1n) is 4.91. The Kier molecular flexibility index (Phi) is 3.17. The molecule has 0 saturated heterocycles. The Morgan fingerprint density at radius 2 is 2.07 bits per heavy atom. The standard InChI is InChI=1S/C11H17N3S/c1-10(2,6-12)8-5-15-9(14-8)11(3,4)7-13/h5H,6,12H2,1-4H3. The third-order valence-corrected chi connectivity index (χ3v) is 3.69. The summed E-state index contributed by atoms with van der Waals surface area (Å²) in [5, 5.41) is 11.9. The molecule has 1 rings (SSSR count). The van der Waals surface area contributed by atoms with E-state index < -0.39 is 5.41 Å². The fourth-order valence-corrected chi connectivity index (χ4v) is 2.11. The van der Waals surface area contributed by atoms with Crippen molar-refractivity contribution in [2.45, 2.75) is 38.5 Å². The maximum Gasteiger partial charge on any atom is 0.113 e. The predicted octanol–water partition coefficient (Wildman–Crippen LogP) is 2.18. The van der Waals surface area contributed by atoms with Gasteiger partial charge in [-0.15, -0.1) is 11.3 Å². The van der Waals surface area contributed by atoms with Gasteiger partial charge in [-0.1, -0.05) is 13.8 Å². The molecule has 82 valence electrons. The molecular formula is C11H17N3S. The summed E-state index contributed by atoms with van der Waals surface area (Å²) < 4.78 is 0. The van der Waals surface area contributed by atoms with Crippen LogP contribution in [0.3, 0.4) is 0 Å². The van der Waals surface area contributed by atoms with E-state index in [1.165, 1.54) is 11.3 Å². The number of nitriles is 1. The second kappa shape index (κ2) is 3.92. The van der Waals surface area contributed by atoms with Gasteiger partial charge in [0.05, 0.1) is 11.8 Å². The van der Waals surface area contributed by atoms with Gasteiger partial charge in [0.1, 0.15) is 10.4 Å². The topological polar surface area (TPSA) is 62.7 Å². The molecule has 0 fully saturated rings. The van der Waals surface area contributed by atoms with Crippen LogP contribution in [0.5, 0.6) is 0 Å². The van der Waals surface area contributed by atoms with Gasteiger partial charge in [-0.25, -0.2) is 4.98 Å². The Morgan fingerprint density at radius 3 is 2.53 bits per heavy atom. The zero-order valence-electron chi connectivity index (χ0n) is 9.66. The molecule has 0 aliphatic carbocycles. The second-order valence-electron chi connectivity index (χ2n) is 4.86. The number of thiazole rings is 1. The molecule has 0 aliphatic heterocycles. The third-order valence-electron chi connectivity index (χ3n) is 2.52. The average Bonchev–Trinajstić information content (AvgIpc) is 2.67. The number of rotatable bonds is 3. The molecule has 1 aromatic rings. The van der Waals surface area contributed by atoms with Gasteiger partial charge in [-0.2, -0.15) is 5.26 Å². The maximum atomic E-state index is 9.01. The summed E-state index contributed by atoms with van der Waals surface area (Å²) in [5.41, 5.74) is 6.05. The second-order valence-corrected chi connectivity index (χ2v) is 5.72. The highest BCUT2D eigenvalue weighted by molar-refractivity contribution is 7.09. The lowest BCUT2D eigenvalue weighted by atomic mass is 9.90. The first-order chi connectivity index (χ1) is 6.83. The number of nitrogens with zero attached hydrogens (tertiary/aromatic N) is 2. The molecule has 0 aromatic carbocycles. The lowest BCUT2D eigenvalue weighted by Gasteiger charge is -2.19. The highest BCUT2D eigenvalue weighted by Gasteiger charge is 2.28. The Bertz CT molecular complexity index is 385. The van der Waals surface area contributed by atoms with Crippen LogP contribution in [0, 0.1) is 11.3 Å². The van der Waals surface area contributed by atoms with Gasteiger partial charge in [0, 0.05) is 17.3 Å². The maximum absolute atomic E-state index is 9.01. The fourth-order valence-electron chi connectivity index (χ4n) is 1.02. The molecule has 0 amide bonds. The van der Waals surface area contributed by atoms with E-state index in [0.717, 1.165) is 10.7 Å². The van der Waals surface area contributed by atoms with E-state index in [1.54, 1.807) is 0 Å². The molecule has 0 atom stereocenters. The van der Waals surface area contributed by atoms with Crippen LogP contribution in [-0.4, -0.2) is 11.5 Å². The zero-order chi connectivity index (χ0) is 11.7. The minimum absolute atomic E-state index is 0.111. The van der Waals surface area contributed by atoms with Gasteiger partial charge in [-0.05, 0) is 13.8 Å². The average molecular weight is 223 g/mol. The smallest absolute Gasteiger partial charge is 0.113 e. The molecule has 3 nitrogen and oxygen atoms in total. The Hall–Kier alpha value is -0.920. The summed E-state index contributed by atoms with van der Waals surface area (Å²) in [6.45, 7) is 8.44. The molecule has 0 aliphatic rings. The molecule has 0 radical (unpaired) electrons. The molecule has 1 aromatic heterocycles. The van der Waals surface area contributed by atoms with E-state index in [4.69, 9.17) is 11.0 Å². The number of aromatic nitrogens is 1. The van der Waals surface area contributed by atoms with Crippen molar-refractivity contribution in [1.29, 1.82) is 5.26 Å². The van der Waals surface area contributed by atoms with Crippen molar-refractivity contribution in [3.8, 4) is 6.07 Å². The van der Waals surface area contributed by atoms with Crippen LogP contribution in [-0.2, 0) is 10.8 Å². The van der Waals surface area contributed by atoms with Gasteiger partial charge in [0.15, 0.2) is 0 Å². The monoisotopic (exact) mass is 223 g/mol. The summed E-state index contributed by atoms with van der Waals surface area (Å²) in [6, 6.07) is 2.26. The van der Waals surface area contributed by atoms with Crippen LogP contribution < -0.4 is 5.73 Å². The van der Waals surface area contributed by atoms with E-state index in [0.29, 0.717) is 6.54 Å². The minimum atomic E-state index is -0.506. The Balaban J connectivity index is 3.07. The molecule has 2 N–H and O–H groups in total. The van der Waals surface area contributed by atoms with Crippen molar-refractivity contribution < 1.29 is 0 Å². The van der Waals surface area contributed by atoms with Crippen molar-refractivity contribution in [3.63, 3.8) is 0 Å². The van der Waals surface area contributed by atoms with Crippen molar-refractivity contribution in [1.82, 2.24) is 4.98 Å². The summed E-state index contributed by atoms with van der Waals surface area (Å²) in [4.78, 5) is 4.51. The van der Waals surface area contributed by atoms with E-state index in [9.17, 15) is 0 Å².